The van der Waals surface area contributed by atoms with Gasteiger partial charge in [0.15, 0.2) is 5.69 Å². The molecule has 0 fully saturated rings. The van der Waals surface area contributed by atoms with Gasteiger partial charge < -0.3 is 20.1 Å². The minimum atomic E-state index is -1.04. The number of carbonyl (C=O) groups excluding carboxylic acids is 1. The zero-order valence-electron chi connectivity index (χ0n) is 11.6. The van der Waals surface area contributed by atoms with Crippen molar-refractivity contribution in [2.24, 2.45) is 0 Å². The summed E-state index contributed by atoms with van der Waals surface area (Å²) in [5, 5.41) is 13.7. The number of likely N-dealkylation sites (N-methyl/N-ethyl adjacent to an activating group) is 1. The van der Waals surface area contributed by atoms with Crippen LogP contribution in [0, 0.1) is 0 Å². The van der Waals surface area contributed by atoms with Gasteiger partial charge in [-0.3, -0.25) is 0 Å². The largest absolute Gasteiger partial charge is 0.476 e. The molecule has 1 aromatic heterocycles. The Bertz CT molecular complexity index is 450. The number of amides is 2. The first-order valence-electron chi connectivity index (χ1n) is 6.29. The van der Waals surface area contributed by atoms with Gasteiger partial charge in [-0.05, 0) is 6.92 Å². The van der Waals surface area contributed by atoms with Gasteiger partial charge in [-0.1, -0.05) is 0 Å². The molecule has 0 bridgehead atoms. The van der Waals surface area contributed by atoms with Crippen molar-refractivity contribution in [3.8, 4) is 0 Å². The van der Waals surface area contributed by atoms with Crippen molar-refractivity contribution in [2.45, 2.75) is 13.3 Å². The molecule has 0 saturated heterocycles. The van der Waals surface area contributed by atoms with Gasteiger partial charge in [0.2, 0.25) is 0 Å². The Morgan fingerprint density at radius 3 is 2.90 bits per heavy atom. The van der Waals surface area contributed by atoms with Crippen LogP contribution in [0.15, 0.2) is 5.38 Å². The molecule has 0 aliphatic heterocycles. The average Bonchev–Trinajstić information content (AvgIpc) is 2.87. The van der Waals surface area contributed by atoms with E-state index in [1.807, 2.05) is 6.92 Å². The number of carbonyl (C=O) groups is 2. The van der Waals surface area contributed by atoms with E-state index in [9.17, 15) is 9.59 Å². The van der Waals surface area contributed by atoms with E-state index in [1.54, 1.807) is 11.9 Å². The van der Waals surface area contributed by atoms with E-state index in [-0.39, 0.29) is 11.7 Å². The van der Waals surface area contributed by atoms with E-state index in [1.165, 1.54) is 16.7 Å². The van der Waals surface area contributed by atoms with Crippen LogP contribution in [0.4, 0.5) is 4.79 Å². The molecular weight excluding hydrogens is 282 g/mol. The number of nitrogens with one attached hydrogen (secondary N) is 1. The van der Waals surface area contributed by atoms with Crippen LogP contribution in [0.5, 0.6) is 0 Å². The van der Waals surface area contributed by atoms with Crippen molar-refractivity contribution in [1.29, 1.82) is 0 Å². The molecule has 0 aromatic carbocycles. The maximum absolute atomic E-state index is 11.7. The molecular formula is C12H19N3O4S. The number of aromatic nitrogens is 1. The number of carboxylic acids is 1. The van der Waals surface area contributed by atoms with E-state index in [2.05, 4.69) is 10.3 Å². The molecule has 20 heavy (non-hydrogen) atoms. The van der Waals surface area contributed by atoms with Gasteiger partial charge in [0.1, 0.15) is 0 Å². The third-order valence-electron chi connectivity index (χ3n) is 2.51. The molecule has 2 amide bonds. The number of thiazole rings is 1. The van der Waals surface area contributed by atoms with E-state index < -0.39 is 5.97 Å². The van der Waals surface area contributed by atoms with Crippen molar-refractivity contribution in [2.75, 3.05) is 33.4 Å². The Morgan fingerprint density at radius 1 is 1.55 bits per heavy atom. The molecule has 8 heteroatoms. The number of ether oxygens (including phenoxy) is 1. The minimum absolute atomic E-state index is 0.0464. The van der Waals surface area contributed by atoms with Crippen molar-refractivity contribution in [1.82, 2.24) is 15.2 Å². The van der Waals surface area contributed by atoms with Gasteiger partial charge in [-0.25, -0.2) is 14.6 Å². The van der Waals surface area contributed by atoms with Crippen LogP contribution in [0.25, 0.3) is 0 Å². The standard InChI is InChI=1S/C12H19N3O4S/c1-3-19-7-6-15(2)12(18)13-5-4-10-14-9(8-20-10)11(16)17/h8H,3-7H2,1-2H3,(H,13,18)(H,16,17). The molecule has 0 radical (unpaired) electrons. The van der Waals surface area contributed by atoms with Crippen LogP contribution in [-0.2, 0) is 11.2 Å². The summed E-state index contributed by atoms with van der Waals surface area (Å²) in [6.45, 7) is 3.99. The lowest BCUT2D eigenvalue weighted by Crippen LogP contribution is -2.39. The number of nitrogens with zero attached hydrogens (tertiary/aromatic N) is 2. The summed E-state index contributed by atoms with van der Waals surface area (Å²) in [6, 6.07) is -0.181. The quantitative estimate of drug-likeness (QED) is 0.701. The van der Waals surface area contributed by atoms with Gasteiger partial charge >= 0.3 is 12.0 Å². The Labute approximate surface area is 121 Å². The van der Waals surface area contributed by atoms with Gasteiger partial charge in [0.25, 0.3) is 0 Å². The maximum Gasteiger partial charge on any atom is 0.355 e. The number of hydrogen-bond donors (Lipinski definition) is 2. The highest BCUT2D eigenvalue weighted by molar-refractivity contribution is 7.09. The SMILES string of the molecule is CCOCCN(C)C(=O)NCCc1nc(C(=O)O)cs1. The van der Waals surface area contributed by atoms with Crippen LogP contribution in [0.3, 0.4) is 0 Å². The van der Waals surface area contributed by atoms with Gasteiger partial charge in [-0.15, -0.1) is 11.3 Å². The molecule has 1 heterocycles. The lowest BCUT2D eigenvalue weighted by Gasteiger charge is -2.17. The molecule has 0 saturated carbocycles. The minimum Gasteiger partial charge on any atom is -0.476 e. The Balaban J connectivity index is 2.25. The normalized spacial score (nSPS) is 10.3. The lowest BCUT2D eigenvalue weighted by molar-refractivity contribution is 0.0691. The van der Waals surface area contributed by atoms with Gasteiger partial charge in [0.05, 0.1) is 11.6 Å². The van der Waals surface area contributed by atoms with Crippen molar-refractivity contribution in [3.05, 3.63) is 16.1 Å². The summed E-state index contributed by atoms with van der Waals surface area (Å²) < 4.78 is 5.17. The highest BCUT2D eigenvalue weighted by atomic mass is 32.1. The second kappa shape index (κ2) is 8.49. The summed E-state index contributed by atoms with van der Waals surface area (Å²) in [5.74, 6) is -1.04. The fraction of sp³-hybridized carbons (Fsp3) is 0.583. The molecule has 112 valence electrons. The van der Waals surface area contributed by atoms with Crippen molar-refractivity contribution < 1.29 is 19.4 Å². The molecule has 0 spiro atoms. The van der Waals surface area contributed by atoms with Gasteiger partial charge in [0, 0.05) is 38.5 Å². The summed E-state index contributed by atoms with van der Waals surface area (Å²) in [7, 11) is 1.69. The average molecular weight is 301 g/mol. The number of hydrogen-bond acceptors (Lipinski definition) is 5. The summed E-state index contributed by atoms with van der Waals surface area (Å²) >= 11 is 1.28. The highest BCUT2D eigenvalue weighted by Crippen LogP contribution is 2.09. The second-order valence-corrected chi connectivity index (χ2v) is 4.97. The topological polar surface area (TPSA) is 91.8 Å². The molecule has 0 unspecified atom stereocenters. The number of carboxylic acid groups (broad SMARTS) is 1. The van der Waals surface area contributed by atoms with Crippen LogP contribution in [0.2, 0.25) is 0 Å². The summed E-state index contributed by atoms with van der Waals surface area (Å²) in [4.78, 5) is 27.8. The van der Waals surface area contributed by atoms with Crippen molar-refractivity contribution in [3.63, 3.8) is 0 Å². The molecule has 1 aromatic rings. The molecule has 0 aliphatic carbocycles. The Hall–Kier alpha value is -1.67. The second-order valence-electron chi connectivity index (χ2n) is 4.03. The predicted octanol–water partition coefficient (Wildman–Crippen LogP) is 1.06. The summed E-state index contributed by atoms with van der Waals surface area (Å²) in [6.07, 6.45) is 0.517. The number of rotatable bonds is 8. The first-order valence-corrected chi connectivity index (χ1v) is 7.17. The molecule has 1 rings (SSSR count). The Kier molecular flexibility index (Phi) is 6.96. The Morgan fingerprint density at radius 2 is 2.30 bits per heavy atom. The fourth-order valence-corrected chi connectivity index (χ4v) is 2.15. The third-order valence-corrected chi connectivity index (χ3v) is 3.42. The summed E-state index contributed by atoms with van der Waals surface area (Å²) in [5.41, 5.74) is 0.0464. The fourth-order valence-electron chi connectivity index (χ4n) is 1.38. The molecule has 2 N–H and O–H groups in total. The van der Waals surface area contributed by atoms with E-state index >= 15 is 0 Å². The first kappa shape index (κ1) is 16.4. The number of aromatic carboxylic acids is 1. The van der Waals surface area contributed by atoms with Crippen LogP contribution in [0.1, 0.15) is 22.4 Å². The van der Waals surface area contributed by atoms with Gasteiger partial charge in [-0.2, -0.15) is 0 Å². The monoisotopic (exact) mass is 301 g/mol. The zero-order valence-corrected chi connectivity index (χ0v) is 12.4. The lowest BCUT2D eigenvalue weighted by atomic mass is 10.4. The number of urea groups is 1. The highest BCUT2D eigenvalue weighted by Gasteiger charge is 2.10. The van der Waals surface area contributed by atoms with Crippen LogP contribution >= 0.6 is 11.3 Å². The molecule has 0 atom stereocenters. The van der Waals surface area contributed by atoms with Crippen LogP contribution < -0.4 is 5.32 Å². The first-order chi connectivity index (χ1) is 9.54. The van der Waals surface area contributed by atoms with E-state index in [0.717, 1.165) is 0 Å². The maximum atomic E-state index is 11.7. The van der Waals surface area contributed by atoms with E-state index in [4.69, 9.17) is 9.84 Å². The smallest absolute Gasteiger partial charge is 0.355 e. The van der Waals surface area contributed by atoms with E-state index in [0.29, 0.717) is 37.7 Å². The predicted molar refractivity (Wildman–Crippen MR) is 75.3 cm³/mol. The zero-order chi connectivity index (χ0) is 15.0. The molecule has 7 nitrogen and oxygen atoms in total. The third kappa shape index (κ3) is 5.54. The van der Waals surface area contributed by atoms with Crippen molar-refractivity contribution >= 4 is 23.3 Å². The van der Waals surface area contributed by atoms with Crippen LogP contribution in [-0.4, -0.2) is 60.3 Å². The molecule has 0 aliphatic rings.